The van der Waals surface area contributed by atoms with E-state index in [4.69, 9.17) is 4.74 Å². The number of aromatic nitrogens is 2. The molecule has 0 radical (unpaired) electrons. The molecular formula is C16H22N4O2. The van der Waals surface area contributed by atoms with Gasteiger partial charge in [-0.2, -0.15) is 5.10 Å². The van der Waals surface area contributed by atoms with Crippen molar-refractivity contribution in [3.8, 4) is 0 Å². The van der Waals surface area contributed by atoms with E-state index in [1.807, 2.05) is 22.7 Å². The van der Waals surface area contributed by atoms with Crippen LogP contribution in [0.15, 0.2) is 30.5 Å². The van der Waals surface area contributed by atoms with Crippen molar-refractivity contribution < 1.29 is 9.53 Å². The summed E-state index contributed by atoms with van der Waals surface area (Å²) in [6, 6.07) is 8.26. The molecule has 0 N–H and O–H groups in total. The molecule has 0 spiro atoms. The number of methoxy groups -OCH3 is 1. The van der Waals surface area contributed by atoms with Crippen LogP contribution in [0.2, 0.25) is 0 Å². The molecule has 6 heteroatoms. The summed E-state index contributed by atoms with van der Waals surface area (Å²) >= 11 is 0. The molecule has 0 bridgehead atoms. The fourth-order valence-corrected chi connectivity index (χ4v) is 3.15. The SMILES string of the molecule is COC(=O)[C@@H]1C[C@@H](N(C)C)CN1Cc1cccc2ccnn12. The zero-order chi connectivity index (χ0) is 15.7. The minimum atomic E-state index is -0.191. The van der Waals surface area contributed by atoms with Crippen LogP contribution in [-0.4, -0.2) is 65.2 Å². The van der Waals surface area contributed by atoms with Gasteiger partial charge in [0.15, 0.2) is 0 Å². The van der Waals surface area contributed by atoms with E-state index < -0.39 is 0 Å². The Bertz CT molecular complexity index is 667. The predicted octanol–water partition coefficient (Wildman–Crippen LogP) is 1.01. The van der Waals surface area contributed by atoms with Crippen LogP contribution in [0.1, 0.15) is 12.1 Å². The van der Waals surface area contributed by atoms with E-state index >= 15 is 0 Å². The van der Waals surface area contributed by atoms with Crippen LogP contribution in [0.4, 0.5) is 0 Å². The summed E-state index contributed by atoms with van der Waals surface area (Å²) in [5.41, 5.74) is 2.14. The molecule has 0 unspecified atom stereocenters. The quantitative estimate of drug-likeness (QED) is 0.789. The van der Waals surface area contributed by atoms with Gasteiger partial charge in [0.25, 0.3) is 0 Å². The van der Waals surface area contributed by atoms with Crippen molar-refractivity contribution >= 4 is 11.5 Å². The summed E-state index contributed by atoms with van der Waals surface area (Å²) < 4.78 is 6.91. The van der Waals surface area contributed by atoms with Crippen molar-refractivity contribution in [2.24, 2.45) is 0 Å². The van der Waals surface area contributed by atoms with Gasteiger partial charge in [-0.3, -0.25) is 9.69 Å². The maximum absolute atomic E-state index is 12.1. The summed E-state index contributed by atoms with van der Waals surface area (Å²) in [7, 11) is 5.56. The second kappa shape index (κ2) is 6.06. The molecule has 3 heterocycles. The van der Waals surface area contributed by atoms with Crippen LogP contribution in [0.5, 0.6) is 0 Å². The number of rotatable bonds is 4. The number of hydrogen-bond acceptors (Lipinski definition) is 5. The first kappa shape index (κ1) is 15.0. The molecule has 2 aromatic heterocycles. The number of esters is 1. The number of hydrogen-bond donors (Lipinski definition) is 0. The Kier molecular flexibility index (Phi) is 4.13. The molecule has 1 fully saturated rings. The van der Waals surface area contributed by atoms with Gasteiger partial charge in [0, 0.05) is 25.3 Å². The minimum absolute atomic E-state index is 0.156. The number of nitrogens with zero attached hydrogens (tertiary/aromatic N) is 4. The standard InChI is InChI=1S/C16H22N4O2/c1-18(2)14-9-15(16(21)22-3)19(11-14)10-13-6-4-5-12-7-8-17-20(12)13/h4-8,14-15H,9-11H2,1-3H3/t14-,15+/m1/s1. The van der Waals surface area contributed by atoms with Crippen LogP contribution in [0.25, 0.3) is 5.52 Å². The molecule has 2 aromatic rings. The van der Waals surface area contributed by atoms with Crippen molar-refractivity contribution in [3.63, 3.8) is 0 Å². The van der Waals surface area contributed by atoms with Crippen LogP contribution >= 0.6 is 0 Å². The third-order valence-electron chi connectivity index (χ3n) is 4.45. The number of likely N-dealkylation sites (N-methyl/N-ethyl adjacent to an activating group) is 1. The maximum Gasteiger partial charge on any atom is 0.323 e. The van der Waals surface area contributed by atoms with Gasteiger partial charge in [0.05, 0.1) is 18.3 Å². The lowest BCUT2D eigenvalue weighted by atomic mass is 10.1. The number of pyridine rings is 1. The monoisotopic (exact) mass is 302 g/mol. The van der Waals surface area contributed by atoms with E-state index in [1.54, 1.807) is 6.20 Å². The molecular weight excluding hydrogens is 280 g/mol. The molecule has 22 heavy (non-hydrogen) atoms. The topological polar surface area (TPSA) is 50.1 Å². The van der Waals surface area contributed by atoms with E-state index in [9.17, 15) is 4.79 Å². The summed E-state index contributed by atoms with van der Waals surface area (Å²) in [5, 5.41) is 4.37. The molecule has 0 aliphatic carbocycles. The maximum atomic E-state index is 12.1. The lowest BCUT2D eigenvalue weighted by molar-refractivity contribution is -0.146. The molecule has 1 aliphatic heterocycles. The molecule has 0 saturated carbocycles. The van der Waals surface area contributed by atoms with Crippen LogP contribution < -0.4 is 0 Å². The van der Waals surface area contributed by atoms with Crippen LogP contribution in [0.3, 0.4) is 0 Å². The molecule has 118 valence electrons. The first-order chi connectivity index (χ1) is 10.6. The highest BCUT2D eigenvalue weighted by atomic mass is 16.5. The second-order valence-corrected chi connectivity index (χ2v) is 6.01. The summed E-state index contributed by atoms with van der Waals surface area (Å²) in [6.07, 6.45) is 2.60. The van der Waals surface area contributed by atoms with E-state index in [0.29, 0.717) is 12.6 Å². The van der Waals surface area contributed by atoms with Gasteiger partial charge in [-0.1, -0.05) is 6.07 Å². The zero-order valence-corrected chi connectivity index (χ0v) is 13.3. The van der Waals surface area contributed by atoms with Crippen LogP contribution in [0, 0.1) is 0 Å². The van der Waals surface area contributed by atoms with E-state index in [1.165, 1.54) is 7.11 Å². The van der Waals surface area contributed by atoms with Crippen molar-refractivity contribution in [1.82, 2.24) is 19.4 Å². The highest BCUT2D eigenvalue weighted by Crippen LogP contribution is 2.24. The zero-order valence-electron chi connectivity index (χ0n) is 13.3. The molecule has 2 atom stereocenters. The van der Waals surface area contributed by atoms with Gasteiger partial charge in [-0.15, -0.1) is 0 Å². The molecule has 3 rings (SSSR count). The smallest absolute Gasteiger partial charge is 0.323 e. The number of carbonyl (C=O) groups excluding carboxylic acids is 1. The summed E-state index contributed by atoms with van der Waals surface area (Å²) in [6.45, 7) is 1.54. The van der Waals surface area contributed by atoms with E-state index in [0.717, 1.165) is 24.2 Å². The first-order valence-corrected chi connectivity index (χ1v) is 7.50. The van der Waals surface area contributed by atoms with Crippen molar-refractivity contribution in [1.29, 1.82) is 0 Å². The number of likely N-dealkylation sites (tertiary alicyclic amines) is 1. The van der Waals surface area contributed by atoms with Crippen LogP contribution in [-0.2, 0) is 16.1 Å². The van der Waals surface area contributed by atoms with Crippen molar-refractivity contribution in [3.05, 3.63) is 36.2 Å². The molecule has 1 saturated heterocycles. The first-order valence-electron chi connectivity index (χ1n) is 7.50. The predicted molar refractivity (Wildman–Crippen MR) is 83.5 cm³/mol. The Hall–Kier alpha value is -1.92. The van der Waals surface area contributed by atoms with Gasteiger partial charge in [-0.05, 0) is 38.7 Å². The van der Waals surface area contributed by atoms with Gasteiger partial charge >= 0.3 is 5.97 Å². The lowest BCUT2D eigenvalue weighted by Crippen LogP contribution is -2.37. The van der Waals surface area contributed by atoms with Crippen molar-refractivity contribution in [2.75, 3.05) is 27.7 Å². The largest absolute Gasteiger partial charge is 0.468 e. The van der Waals surface area contributed by atoms with Gasteiger partial charge < -0.3 is 9.64 Å². The average Bonchev–Trinajstić information content (AvgIpc) is 3.13. The normalized spacial score (nSPS) is 22.5. The molecule has 0 aromatic carbocycles. The third kappa shape index (κ3) is 2.71. The number of ether oxygens (including phenoxy) is 1. The Morgan fingerprint density at radius 1 is 1.41 bits per heavy atom. The number of carbonyl (C=O) groups is 1. The summed E-state index contributed by atoms with van der Waals surface area (Å²) in [5.74, 6) is -0.156. The Balaban J connectivity index is 1.85. The lowest BCUT2D eigenvalue weighted by Gasteiger charge is -2.23. The number of fused-ring (bicyclic) bond motifs is 1. The fourth-order valence-electron chi connectivity index (χ4n) is 3.15. The molecule has 1 aliphatic rings. The Morgan fingerprint density at radius 2 is 2.23 bits per heavy atom. The second-order valence-electron chi connectivity index (χ2n) is 6.01. The highest BCUT2D eigenvalue weighted by molar-refractivity contribution is 5.76. The van der Waals surface area contributed by atoms with E-state index in [-0.39, 0.29) is 12.0 Å². The highest BCUT2D eigenvalue weighted by Gasteiger charge is 2.38. The summed E-state index contributed by atoms with van der Waals surface area (Å²) in [4.78, 5) is 16.5. The van der Waals surface area contributed by atoms with E-state index in [2.05, 4.69) is 35.1 Å². The van der Waals surface area contributed by atoms with Gasteiger partial charge in [0.1, 0.15) is 6.04 Å². The average molecular weight is 302 g/mol. The Morgan fingerprint density at radius 3 is 2.95 bits per heavy atom. The van der Waals surface area contributed by atoms with Gasteiger partial charge in [0.2, 0.25) is 0 Å². The van der Waals surface area contributed by atoms with Crippen molar-refractivity contribution in [2.45, 2.75) is 25.0 Å². The Labute approximate surface area is 130 Å². The minimum Gasteiger partial charge on any atom is -0.468 e. The fraction of sp³-hybridized carbons (Fsp3) is 0.500. The van der Waals surface area contributed by atoms with Gasteiger partial charge in [-0.25, -0.2) is 4.52 Å². The molecule has 6 nitrogen and oxygen atoms in total. The third-order valence-corrected chi connectivity index (χ3v) is 4.45. The molecule has 0 amide bonds.